The average molecular weight is 526 g/mol. The number of anilines is 1. The van der Waals surface area contributed by atoms with E-state index >= 15 is 0 Å². The summed E-state index contributed by atoms with van der Waals surface area (Å²) in [4.78, 5) is 42.1. The van der Waals surface area contributed by atoms with Crippen molar-refractivity contribution < 1.29 is 24.2 Å². The molecule has 0 fully saturated rings. The van der Waals surface area contributed by atoms with E-state index < -0.39 is 35.6 Å². The number of hydrogen-bond acceptors (Lipinski definition) is 5. The molecule has 0 radical (unpaired) electrons. The first-order chi connectivity index (χ1) is 17.7. The van der Waals surface area contributed by atoms with Crippen LogP contribution in [0.5, 0.6) is 5.75 Å². The van der Waals surface area contributed by atoms with Crippen molar-refractivity contribution >= 4 is 23.6 Å². The molecular formula is C30H43N3O5. The third kappa shape index (κ3) is 7.49. The fourth-order valence-corrected chi connectivity index (χ4v) is 4.32. The molecule has 0 aliphatic rings. The third-order valence-electron chi connectivity index (χ3n) is 6.63. The summed E-state index contributed by atoms with van der Waals surface area (Å²) in [6, 6.07) is 8.76. The summed E-state index contributed by atoms with van der Waals surface area (Å²) in [5.41, 5.74) is 2.57. The minimum atomic E-state index is -1.14. The number of carbonyl (C=O) groups excluding carboxylic acids is 3. The molecule has 3 atom stereocenters. The maximum atomic E-state index is 14.1. The molecule has 0 aliphatic heterocycles. The highest BCUT2D eigenvalue weighted by Crippen LogP contribution is 2.34. The van der Waals surface area contributed by atoms with Crippen LogP contribution in [-0.4, -0.2) is 46.1 Å². The van der Waals surface area contributed by atoms with Gasteiger partial charge in [-0.3, -0.25) is 9.59 Å². The Morgan fingerprint density at radius 1 is 0.974 bits per heavy atom. The van der Waals surface area contributed by atoms with Gasteiger partial charge in [0.05, 0.1) is 0 Å². The number of aryl methyl sites for hydroxylation is 3. The number of carbonyl (C=O) groups is 3. The highest BCUT2D eigenvalue weighted by atomic mass is 16.6. The summed E-state index contributed by atoms with van der Waals surface area (Å²) in [7, 11) is 0. The molecule has 0 aromatic heterocycles. The molecule has 208 valence electrons. The van der Waals surface area contributed by atoms with Gasteiger partial charge in [0.2, 0.25) is 5.91 Å². The number of phenolic OH excluding ortho intramolecular Hbond substituents is 1. The summed E-state index contributed by atoms with van der Waals surface area (Å²) in [5, 5.41) is 16.7. The second-order valence-electron chi connectivity index (χ2n) is 10.8. The number of nitrogens with zero attached hydrogens (tertiary/aromatic N) is 1. The molecule has 38 heavy (non-hydrogen) atoms. The lowest BCUT2D eigenvalue weighted by Crippen LogP contribution is -2.54. The third-order valence-corrected chi connectivity index (χ3v) is 6.63. The number of phenols is 1. The maximum absolute atomic E-state index is 14.1. The lowest BCUT2D eigenvalue weighted by atomic mass is 9.95. The van der Waals surface area contributed by atoms with Gasteiger partial charge < -0.3 is 25.4 Å². The zero-order chi connectivity index (χ0) is 28.8. The molecule has 0 bridgehead atoms. The highest BCUT2D eigenvalue weighted by molar-refractivity contribution is 6.00. The molecule has 3 unspecified atom stereocenters. The zero-order valence-electron chi connectivity index (χ0n) is 24.1. The first-order valence-electron chi connectivity index (χ1n) is 13.2. The van der Waals surface area contributed by atoms with Crippen molar-refractivity contribution in [2.24, 2.45) is 5.92 Å². The van der Waals surface area contributed by atoms with Crippen LogP contribution in [0.2, 0.25) is 0 Å². The van der Waals surface area contributed by atoms with Crippen molar-refractivity contribution in [3.8, 4) is 5.75 Å². The fourth-order valence-electron chi connectivity index (χ4n) is 4.32. The number of aromatic hydroxyl groups is 1. The van der Waals surface area contributed by atoms with Crippen molar-refractivity contribution in [3.05, 3.63) is 58.7 Å². The largest absolute Gasteiger partial charge is 0.507 e. The quantitative estimate of drug-likeness (QED) is 0.384. The molecule has 3 amide bonds. The Balaban J connectivity index is 2.58. The van der Waals surface area contributed by atoms with E-state index in [0.717, 1.165) is 11.1 Å². The van der Waals surface area contributed by atoms with Gasteiger partial charge in [-0.2, -0.15) is 0 Å². The van der Waals surface area contributed by atoms with E-state index in [1.54, 1.807) is 52.8 Å². The molecule has 0 saturated heterocycles. The van der Waals surface area contributed by atoms with Crippen LogP contribution in [0.25, 0.3) is 0 Å². The van der Waals surface area contributed by atoms with Crippen molar-refractivity contribution in [2.75, 3.05) is 11.9 Å². The number of rotatable bonds is 9. The molecule has 8 heteroatoms. The lowest BCUT2D eigenvalue weighted by Gasteiger charge is -2.35. The van der Waals surface area contributed by atoms with Gasteiger partial charge >= 0.3 is 6.09 Å². The van der Waals surface area contributed by atoms with Crippen LogP contribution in [0.3, 0.4) is 0 Å². The summed E-state index contributed by atoms with van der Waals surface area (Å²) in [6.07, 6.45) is -0.0965. The number of nitrogens with one attached hydrogen (secondary N) is 2. The van der Waals surface area contributed by atoms with E-state index in [0.29, 0.717) is 23.2 Å². The molecular weight excluding hydrogens is 482 g/mol. The molecule has 0 saturated carbocycles. The monoisotopic (exact) mass is 525 g/mol. The second kappa shape index (κ2) is 12.8. The minimum absolute atomic E-state index is 0.0550. The van der Waals surface area contributed by atoms with Crippen molar-refractivity contribution in [1.82, 2.24) is 10.2 Å². The number of likely N-dealkylation sites (N-methyl/N-ethyl adjacent to an activating group) is 1. The zero-order valence-corrected chi connectivity index (χ0v) is 24.1. The molecule has 2 aromatic carbocycles. The smallest absolute Gasteiger partial charge is 0.408 e. The molecule has 2 aromatic rings. The Morgan fingerprint density at radius 2 is 1.53 bits per heavy atom. The minimum Gasteiger partial charge on any atom is -0.507 e. The number of para-hydroxylation sites is 2. The van der Waals surface area contributed by atoms with E-state index in [9.17, 15) is 19.5 Å². The van der Waals surface area contributed by atoms with Crippen LogP contribution in [-0.2, 0) is 14.3 Å². The Morgan fingerprint density at radius 3 is 2.05 bits per heavy atom. The van der Waals surface area contributed by atoms with Crippen LogP contribution in [0.15, 0.2) is 36.4 Å². The van der Waals surface area contributed by atoms with Gasteiger partial charge in [-0.1, -0.05) is 56.7 Å². The Labute approximate surface area is 226 Å². The van der Waals surface area contributed by atoms with Crippen molar-refractivity contribution in [1.29, 1.82) is 0 Å². The predicted molar refractivity (Wildman–Crippen MR) is 150 cm³/mol. The number of benzene rings is 2. The Bertz CT molecular complexity index is 1130. The normalized spacial score (nSPS) is 13.7. The van der Waals surface area contributed by atoms with Crippen LogP contribution >= 0.6 is 0 Å². The van der Waals surface area contributed by atoms with Gasteiger partial charge in [0.1, 0.15) is 23.4 Å². The van der Waals surface area contributed by atoms with Gasteiger partial charge in [0.25, 0.3) is 5.91 Å². The van der Waals surface area contributed by atoms with Gasteiger partial charge in [-0.15, -0.1) is 0 Å². The van der Waals surface area contributed by atoms with Crippen molar-refractivity contribution in [2.45, 2.75) is 86.4 Å². The molecule has 3 N–H and O–H groups in total. The number of ether oxygens (including phenoxy) is 1. The first-order valence-corrected chi connectivity index (χ1v) is 13.2. The van der Waals surface area contributed by atoms with Crippen LogP contribution in [0, 0.1) is 26.7 Å². The fraction of sp³-hybridized carbons (Fsp3) is 0.500. The molecule has 2 rings (SSSR count). The van der Waals surface area contributed by atoms with Crippen LogP contribution < -0.4 is 10.6 Å². The summed E-state index contributed by atoms with van der Waals surface area (Å²) in [6.45, 7) is 16.5. The molecule has 0 heterocycles. The van der Waals surface area contributed by atoms with Crippen molar-refractivity contribution in [3.63, 3.8) is 0 Å². The number of hydrogen-bond donors (Lipinski definition) is 3. The van der Waals surface area contributed by atoms with Gasteiger partial charge in [0.15, 0.2) is 0 Å². The first kappa shape index (κ1) is 30.7. The standard InChI is InChI=1S/C30H43N3O5/c1-10-18(3)24(32-29(37)38-30(7,8)9)28(36)33(11-2)25(22-17-13-16-21(6)26(22)34)27(35)31-23-19(4)14-12-15-20(23)5/h12-18,24-25,34H,10-11H2,1-9H3,(H,31,35)(H,32,37). The second-order valence-corrected chi connectivity index (χ2v) is 10.8. The lowest BCUT2D eigenvalue weighted by molar-refractivity contribution is -0.141. The SMILES string of the molecule is CCC(C)C(NC(=O)OC(C)(C)C)C(=O)N(CC)C(C(=O)Nc1c(C)cccc1C)c1cccc(C)c1O. The van der Waals surface area contributed by atoms with E-state index in [-0.39, 0.29) is 18.2 Å². The van der Waals surface area contributed by atoms with Crippen LogP contribution in [0.4, 0.5) is 10.5 Å². The topological polar surface area (TPSA) is 108 Å². The van der Waals surface area contributed by atoms with E-state index in [4.69, 9.17) is 4.74 Å². The van der Waals surface area contributed by atoms with Crippen LogP contribution in [0.1, 0.15) is 76.3 Å². The average Bonchev–Trinajstić information content (AvgIpc) is 2.83. The summed E-state index contributed by atoms with van der Waals surface area (Å²) >= 11 is 0. The molecule has 8 nitrogen and oxygen atoms in total. The number of amides is 3. The van der Waals surface area contributed by atoms with Gasteiger partial charge in [-0.05, 0) is 71.1 Å². The van der Waals surface area contributed by atoms with E-state index in [1.807, 2.05) is 45.9 Å². The van der Waals surface area contributed by atoms with Gasteiger partial charge in [-0.25, -0.2) is 4.79 Å². The Hall–Kier alpha value is -3.55. The maximum Gasteiger partial charge on any atom is 0.408 e. The van der Waals surface area contributed by atoms with E-state index in [2.05, 4.69) is 10.6 Å². The number of alkyl carbamates (subject to hydrolysis) is 1. The Kier molecular flexibility index (Phi) is 10.3. The molecule has 0 aliphatic carbocycles. The highest BCUT2D eigenvalue weighted by Gasteiger charge is 2.38. The van der Waals surface area contributed by atoms with Gasteiger partial charge in [0, 0.05) is 17.8 Å². The molecule has 0 spiro atoms. The summed E-state index contributed by atoms with van der Waals surface area (Å²) in [5.74, 6) is -1.19. The predicted octanol–water partition coefficient (Wildman–Crippen LogP) is 5.79. The van der Waals surface area contributed by atoms with E-state index in [1.165, 1.54) is 4.90 Å². The summed E-state index contributed by atoms with van der Waals surface area (Å²) < 4.78 is 5.42.